The molecule has 6 heteroatoms. The normalized spacial score (nSPS) is 12.6. The number of aryl methyl sites for hydroxylation is 1. The van der Waals surface area contributed by atoms with Crippen molar-refractivity contribution in [2.24, 2.45) is 5.73 Å². The minimum Gasteiger partial charge on any atom is -0.496 e. The Kier molecular flexibility index (Phi) is 15.5. The molecule has 1 heterocycles. The second-order valence-electron chi connectivity index (χ2n) is 8.33. The van der Waals surface area contributed by atoms with E-state index in [1.807, 2.05) is 31.7 Å². The number of hydrogen-bond acceptors (Lipinski definition) is 4. The number of nitrogens with two attached hydrogens (primary N) is 1. The van der Waals surface area contributed by atoms with Gasteiger partial charge in [0.1, 0.15) is 11.6 Å². The SMILES string of the molecule is C.C=C(C)C(=O)/C(=C/C)c1cc(C(=O)N2CCC(=Cc3ccc(F)cc3)CC2)c(OC)cc1C.CC.CN. The summed E-state index contributed by atoms with van der Waals surface area (Å²) in [6, 6.07) is 9.97. The molecule has 1 saturated heterocycles. The average Bonchev–Trinajstić information content (AvgIpc) is 2.93. The zero-order chi connectivity index (χ0) is 28.1. The van der Waals surface area contributed by atoms with Gasteiger partial charge < -0.3 is 15.4 Å². The van der Waals surface area contributed by atoms with Gasteiger partial charge in [-0.3, -0.25) is 9.59 Å². The van der Waals surface area contributed by atoms with Crippen LogP contribution in [0.4, 0.5) is 4.39 Å². The van der Waals surface area contributed by atoms with Crippen molar-refractivity contribution in [2.75, 3.05) is 27.2 Å². The van der Waals surface area contributed by atoms with Crippen LogP contribution in [0.15, 0.2) is 60.2 Å². The maximum atomic E-state index is 13.4. The fraction of sp³-hybridized carbons (Fsp3) is 0.375. The Labute approximate surface area is 228 Å². The van der Waals surface area contributed by atoms with Gasteiger partial charge in [0.2, 0.25) is 0 Å². The van der Waals surface area contributed by atoms with E-state index in [2.05, 4.69) is 18.4 Å². The number of Topliss-reactive ketones (excluding diaryl/α,β-unsaturated/α-hetero) is 1. The zero-order valence-electron chi connectivity index (χ0n) is 23.3. The lowest BCUT2D eigenvalue weighted by molar-refractivity contribution is -0.110. The second-order valence-corrected chi connectivity index (χ2v) is 8.33. The van der Waals surface area contributed by atoms with Crippen LogP contribution in [0.2, 0.25) is 0 Å². The number of piperidine rings is 1. The van der Waals surface area contributed by atoms with Crippen LogP contribution in [-0.2, 0) is 4.79 Å². The van der Waals surface area contributed by atoms with Crippen molar-refractivity contribution >= 4 is 23.3 Å². The number of ketones is 1. The average molecular weight is 525 g/mol. The molecule has 0 aromatic heterocycles. The first-order valence-corrected chi connectivity index (χ1v) is 12.6. The molecule has 1 aliphatic rings. The third-order valence-electron chi connectivity index (χ3n) is 5.92. The van der Waals surface area contributed by atoms with Crippen molar-refractivity contribution in [3.8, 4) is 5.75 Å². The van der Waals surface area contributed by atoms with E-state index in [1.165, 1.54) is 24.8 Å². The lowest BCUT2D eigenvalue weighted by Crippen LogP contribution is -2.36. The molecule has 2 aromatic rings. The minimum absolute atomic E-state index is 0. The van der Waals surface area contributed by atoms with Gasteiger partial charge in [0, 0.05) is 18.7 Å². The monoisotopic (exact) mass is 524 g/mol. The number of amides is 1. The summed E-state index contributed by atoms with van der Waals surface area (Å²) in [4.78, 5) is 27.9. The molecule has 1 aliphatic heterocycles. The molecule has 0 unspecified atom stereocenters. The summed E-state index contributed by atoms with van der Waals surface area (Å²) in [5, 5.41) is 0. The van der Waals surface area contributed by atoms with Crippen molar-refractivity contribution in [1.29, 1.82) is 0 Å². The van der Waals surface area contributed by atoms with Gasteiger partial charge in [-0.1, -0.05) is 57.7 Å². The number of likely N-dealkylation sites (tertiary alicyclic amines) is 1. The van der Waals surface area contributed by atoms with E-state index in [1.54, 1.807) is 45.2 Å². The number of carbonyl (C=O) groups excluding carboxylic acids is 2. The summed E-state index contributed by atoms with van der Waals surface area (Å²) >= 11 is 0. The van der Waals surface area contributed by atoms with E-state index in [0.29, 0.717) is 41.1 Å². The van der Waals surface area contributed by atoms with Crippen LogP contribution in [0.1, 0.15) is 75.0 Å². The third-order valence-corrected chi connectivity index (χ3v) is 5.92. The van der Waals surface area contributed by atoms with E-state index in [0.717, 1.165) is 24.0 Å². The molecule has 38 heavy (non-hydrogen) atoms. The minimum atomic E-state index is -0.255. The highest BCUT2D eigenvalue weighted by Gasteiger charge is 2.25. The molecule has 0 radical (unpaired) electrons. The number of carbonyl (C=O) groups is 2. The van der Waals surface area contributed by atoms with Crippen molar-refractivity contribution in [1.82, 2.24) is 4.90 Å². The highest BCUT2D eigenvalue weighted by atomic mass is 19.1. The number of rotatable bonds is 6. The fourth-order valence-corrected chi connectivity index (χ4v) is 4.05. The predicted octanol–water partition coefficient (Wildman–Crippen LogP) is 7.25. The van der Waals surface area contributed by atoms with Gasteiger partial charge in [0.05, 0.1) is 12.7 Å². The lowest BCUT2D eigenvalue weighted by Gasteiger charge is -2.29. The molecule has 0 saturated carbocycles. The Morgan fingerprint density at radius 1 is 1.05 bits per heavy atom. The largest absolute Gasteiger partial charge is 0.496 e. The van der Waals surface area contributed by atoms with Crippen molar-refractivity contribution in [3.05, 3.63) is 88.3 Å². The van der Waals surface area contributed by atoms with Gasteiger partial charge in [0.25, 0.3) is 5.91 Å². The summed E-state index contributed by atoms with van der Waals surface area (Å²) in [6.45, 7) is 14.3. The van der Waals surface area contributed by atoms with Crippen LogP contribution in [0, 0.1) is 12.7 Å². The maximum absolute atomic E-state index is 13.4. The first kappa shape index (κ1) is 34.5. The van der Waals surface area contributed by atoms with Gasteiger partial charge in [0.15, 0.2) is 5.78 Å². The van der Waals surface area contributed by atoms with Crippen LogP contribution in [0.5, 0.6) is 5.75 Å². The molecular formula is C32H45FN2O3. The molecule has 0 bridgehead atoms. The van der Waals surface area contributed by atoms with Crippen LogP contribution >= 0.6 is 0 Å². The van der Waals surface area contributed by atoms with Gasteiger partial charge in [-0.2, -0.15) is 0 Å². The summed E-state index contributed by atoms with van der Waals surface area (Å²) < 4.78 is 18.6. The summed E-state index contributed by atoms with van der Waals surface area (Å²) in [6.07, 6.45) is 5.32. The molecule has 0 spiro atoms. The third kappa shape index (κ3) is 8.80. The molecule has 208 valence electrons. The van der Waals surface area contributed by atoms with Crippen LogP contribution in [0.25, 0.3) is 11.6 Å². The van der Waals surface area contributed by atoms with Crippen molar-refractivity contribution in [3.63, 3.8) is 0 Å². The molecule has 3 rings (SSSR count). The van der Waals surface area contributed by atoms with E-state index >= 15 is 0 Å². The Morgan fingerprint density at radius 3 is 2.08 bits per heavy atom. The van der Waals surface area contributed by atoms with E-state index < -0.39 is 0 Å². The van der Waals surface area contributed by atoms with Crippen LogP contribution in [0.3, 0.4) is 0 Å². The lowest BCUT2D eigenvalue weighted by atomic mass is 9.91. The second kappa shape index (κ2) is 17.1. The van der Waals surface area contributed by atoms with Crippen LogP contribution in [-0.4, -0.2) is 43.8 Å². The van der Waals surface area contributed by atoms with Gasteiger partial charge in [-0.05, 0) is 87.2 Å². The van der Waals surface area contributed by atoms with Gasteiger partial charge in [-0.15, -0.1) is 0 Å². The van der Waals surface area contributed by atoms with Crippen molar-refractivity contribution < 1.29 is 18.7 Å². The fourth-order valence-electron chi connectivity index (χ4n) is 4.05. The first-order chi connectivity index (χ1) is 17.7. The standard InChI is InChI=1S/C28H30FNO3.C2H6.CH5N.CH4/c1-6-23(27(31)18(2)3)24-17-25(26(33-5)15-19(24)4)28(32)30-13-11-21(12-14-30)16-20-7-9-22(29)10-8-20;2*1-2;/h6-10,15-17H,2,11-14H2,1,3-5H3;1-2H3;2H2,1H3;1H4/b23-6+;;;. The molecule has 0 atom stereocenters. The first-order valence-electron chi connectivity index (χ1n) is 12.6. The molecular weight excluding hydrogens is 479 g/mol. The van der Waals surface area contributed by atoms with E-state index in [4.69, 9.17) is 4.74 Å². The Morgan fingerprint density at radius 2 is 1.61 bits per heavy atom. The Balaban J connectivity index is 0.00000261. The molecule has 0 aliphatic carbocycles. The summed E-state index contributed by atoms with van der Waals surface area (Å²) in [5.74, 6) is -0.0213. The van der Waals surface area contributed by atoms with Crippen LogP contribution < -0.4 is 10.5 Å². The highest BCUT2D eigenvalue weighted by Crippen LogP contribution is 2.31. The Bertz CT molecular complexity index is 1140. The number of hydrogen-bond donors (Lipinski definition) is 1. The summed E-state index contributed by atoms with van der Waals surface area (Å²) in [5.41, 5.74) is 9.67. The number of nitrogens with zero attached hydrogens (tertiary/aromatic N) is 1. The highest BCUT2D eigenvalue weighted by molar-refractivity contribution is 6.28. The van der Waals surface area contributed by atoms with E-state index in [9.17, 15) is 14.0 Å². The quantitative estimate of drug-likeness (QED) is 0.404. The van der Waals surface area contributed by atoms with E-state index in [-0.39, 0.29) is 24.9 Å². The Hall–Kier alpha value is -3.51. The smallest absolute Gasteiger partial charge is 0.257 e. The molecule has 1 amide bonds. The summed E-state index contributed by atoms with van der Waals surface area (Å²) in [7, 11) is 3.04. The number of benzene rings is 2. The van der Waals surface area contributed by atoms with Crippen molar-refractivity contribution in [2.45, 2.75) is 54.9 Å². The molecule has 5 nitrogen and oxygen atoms in total. The molecule has 2 N–H and O–H groups in total. The topological polar surface area (TPSA) is 72.6 Å². The van der Waals surface area contributed by atoms with Gasteiger partial charge in [-0.25, -0.2) is 4.39 Å². The number of halogens is 1. The number of ether oxygens (including phenoxy) is 1. The molecule has 2 aromatic carbocycles. The zero-order valence-corrected chi connectivity index (χ0v) is 23.3. The number of methoxy groups -OCH3 is 1. The molecule has 1 fully saturated rings. The maximum Gasteiger partial charge on any atom is 0.257 e. The predicted molar refractivity (Wildman–Crippen MR) is 159 cm³/mol. The van der Waals surface area contributed by atoms with Gasteiger partial charge >= 0.3 is 0 Å². The number of allylic oxidation sites excluding steroid dienone is 3.